The van der Waals surface area contributed by atoms with Gasteiger partial charge in [0.25, 0.3) is 0 Å². The Morgan fingerprint density at radius 1 is 0.356 bits per heavy atom. The molecular weight excluding hydrogens is 552 g/mol. The third kappa shape index (κ3) is 9.12. The zero-order chi connectivity index (χ0) is 32.0. The second kappa shape index (κ2) is 16.6. The minimum absolute atomic E-state index is 0.334. The van der Waals surface area contributed by atoms with Gasteiger partial charge in [-0.25, -0.2) is 0 Å². The fraction of sp³-hybridized carbons (Fsp3) is 0.308. The summed E-state index contributed by atoms with van der Waals surface area (Å²) in [5, 5.41) is 0. The van der Waals surface area contributed by atoms with E-state index in [0.29, 0.717) is 17.5 Å². The van der Waals surface area contributed by atoms with Gasteiger partial charge >= 0.3 is 0 Å². The number of aromatic nitrogens is 3. The van der Waals surface area contributed by atoms with Crippen LogP contribution >= 0.6 is 0 Å². The van der Waals surface area contributed by atoms with E-state index in [-0.39, 0.29) is 0 Å². The maximum atomic E-state index is 4.55. The monoisotopic (exact) mass is 594 g/mol. The fourth-order valence-corrected chi connectivity index (χ4v) is 4.96. The standard InChI is InChI=1S/C39H42N6/c1-7-43(8-2)34-22-13-31(14-23-34)19-28-37-40-38(29-20-32-15-24-35(25-16-32)44(9-3)10-4)42-39(41-37)30-21-33-17-26-36(27-18-33)45(11-5)12-6/h13-18,22-27H,7-12H2,1-6H3. The lowest BCUT2D eigenvalue weighted by Crippen LogP contribution is -2.21. The van der Waals surface area contributed by atoms with Crippen LogP contribution in [0.5, 0.6) is 0 Å². The highest BCUT2D eigenvalue weighted by Gasteiger charge is 2.05. The van der Waals surface area contributed by atoms with Crippen molar-refractivity contribution < 1.29 is 0 Å². The first-order chi connectivity index (χ1) is 22.0. The van der Waals surface area contributed by atoms with E-state index in [9.17, 15) is 0 Å². The van der Waals surface area contributed by atoms with Gasteiger partial charge in [0.05, 0.1) is 0 Å². The largest absolute Gasteiger partial charge is 0.372 e. The summed E-state index contributed by atoms with van der Waals surface area (Å²) in [4.78, 5) is 20.6. The lowest BCUT2D eigenvalue weighted by Gasteiger charge is -2.20. The van der Waals surface area contributed by atoms with Crippen LogP contribution in [0.25, 0.3) is 0 Å². The Kier molecular flexibility index (Phi) is 12.0. The maximum absolute atomic E-state index is 4.55. The molecule has 0 aliphatic carbocycles. The molecule has 0 bridgehead atoms. The van der Waals surface area contributed by atoms with Gasteiger partial charge < -0.3 is 14.7 Å². The molecule has 0 amide bonds. The molecule has 1 aromatic heterocycles. The van der Waals surface area contributed by atoms with Crippen molar-refractivity contribution in [2.75, 3.05) is 54.0 Å². The molecule has 6 nitrogen and oxygen atoms in total. The van der Waals surface area contributed by atoms with Crippen LogP contribution in [0.1, 0.15) is 75.7 Å². The molecule has 0 atom stereocenters. The first-order valence-electron chi connectivity index (χ1n) is 15.9. The van der Waals surface area contributed by atoms with E-state index in [0.717, 1.165) is 56.0 Å². The maximum Gasteiger partial charge on any atom is 0.210 e. The average molecular weight is 595 g/mol. The highest BCUT2D eigenvalue weighted by atomic mass is 15.1. The zero-order valence-corrected chi connectivity index (χ0v) is 27.4. The van der Waals surface area contributed by atoms with E-state index in [1.165, 1.54) is 17.1 Å². The van der Waals surface area contributed by atoms with Crippen LogP contribution in [0, 0.1) is 35.5 Å². The number of benzene rings is 3. The predicted molar refractivity (Wildman–Crippen MR) is 188 cm³/mol. The number of rotatable bonds is 9. The summed E-state index contributed by atoms with van der Waals surface area (Å²) in [6.07, 6.45) is 0. The number of anilines is 3. The van der Waals surface area contributed by atoms with E-state index in [2.05, 4.69) is 143 Å². The Morgan fingerprint density at radius 2 is 0.578 bits per heavy atom. The molecule has 0 aliphatic rings. The quantitative estimate of drug-likeness (QED) is 0.203. The van der Waals surface area contributed by atoms with Crippen LogP contribution in [0.4, 0.5) is 17.1 Å². The zero-order valence-electron chi connectivity index (χ0n) is 27.4. The normalized spacial score (nSPS) is 10.0. The Morgan fingerprint density at radius 3 is 0.778 bits per heavy atom. The van der Waals surface area contributed by atoms with Crippen LogP contribution in [0.3, 0.4) is 0 Å². The van der Waals surface area contributed by atoms with Crippen molar-refractivity contribution in [3.63, 3.8) is 0 Å². The average Bonchev–Trinajstić information content (AvgIpc) is 3.09. The van der Waals surface area contributed by atoms with Crippen LogP contribution in [0.2, 0.25) is 0 Å². The van der Waals surface area contributed by atoms with Gasteiger partial charge in [-0.1, -0.05) is 17.8 Å². The Bertz CT molecular complexity index is 1490. The fourth-order valence-electron chi connectivity index (χ4n) is 4.96. The first-order valence-corrected chi connectivity index (χ1v) is 15.9. The molecular formula is C39H42N6. The molecule has 1 heterocycles. The van der Waals surface area contributed by atoms with Gasteiger partial charge in [-0.3, -0.25) is 0 Å². The molecule has 6 heteroatoms. The molecule has 0 N–H and O–H groups in total. The van der Waals surface area contributed by atoms with Crippen molar-refractivity contribution in [1.29, 1.82) is 0 Å². The SMILES string of the molecule is CCN(CC)c1ccc(C#Cc2nc(C#Cc3ccc(N(CC)CC)cc3)nc(C#Cc3ccc(N(CC)CC)cc3)n2)cc1. The third-order valence-electron chi connectivity index (χ3n) is 7.58. The second-order valence-electron chi connectivity index (χ2n) is 10.2. The van der Waals surface area contributed by atoms with Crippen LogP contribution in [-0.4, -0.2) is 54.2 Å². The Hall–Kier alpha value is -5.25. The summed E-state index contributed by atoms with van der Waals surface area (Å²) >= 11 is 0. The van der Waals surface area contributed by atoms with Gasteiger partial charge in [-0.2, -0.15) is 15.0 Å². The van der Waals surface area contributed by atoms with E-state index in [1.807, 2.05) is 36.4 Å². The molecule has 0 aliphatic heterocycles. The summed E-state index contributed by atoms with van der Waals surface area (Å²) < 4.78 is 0. The summed E-state index contributed by atoms with van der Waals surface area (Å²) in [6, 6.07) is 24.7. The summed E-state index contributed by atoms with van der Waals surface area (Å²) in [7, 11) is 0. The van der Waals surface area contributed by atoms with Crippen LogP contribution in [0.15, 0.2) is 72.8 Å². The highest BCUT2D eigenvalue weighted by molar-refractivity contribution is 5.53. The van der Waals surface area contributed by atoms with E-state index >= 15 is 0 Å². The van der Waals surface area contributed by atoms with Gasteiger partial charge in [0, 0.05) is 73.0 Å². The number of nitrogens with zero attached hydrogens (tertiary/aromatic N) is 6. The van der Waals surface area contributed by atoms with E-state index in [4.69, 9.17) is 0 Å². The first kappa shape index (κ1) is 32.7. The minimum Gasteiger partial charge on any atom is -0.372 e. The van der Waals surface area contributed by atoms with Crippen molar-refractivity contribution in [2.24, 2.45) is 0 Å². The molecule has 45 heavy (non-hydrogen) atoms. The van der Waals surface area contributed by atoms with Crippen LogP contribution < -0.4 is 14.7 Å². The van der Waals surface area contributed by atoms with Crippen molar-refractivity contribution in [3.8, 4) is 35.5 Å². The number of hydrogen-bond acceptors (Lipinski definition) is 6. The molecule has 0 radical (unpaired) electrons. The van der Waals surface area contributed by atoms with Crippen molar-refractivity contribution >= 4 is 17.1 Å². The molecule has 0 spiro atoms. The molecule has 4 rings (SSSR count). The highest BCUT2D eigenvalue weighted by Crippen LogP contribution is 2.16. The van der Waals surface area contributed by atoms with Crippen LogP contribution in [-0.2, 0) is 0 Å². The van der Waals surface area contributed by atoms with Gasteiger partial charge in [0.15, 0.2) is 0 Å². The predicted octanol–water partition coefficient (Wildman–Crippen LogP) is 6.61. The summed E-state index contributed by atoms with van der Waals surface area (Å²) in [6.45, 7) is 18.7. The summed E-state index contributed by atoms with van der Waals surface area (Å²) in [5.74, 6) is 19.9. The van der Waals surface area contributed by atoms with Crippen molar-refractivity contribution in [2.45, 2.75) is 41.5 Å². The van der Waals surface area contributed by atoms with Crippen molar-refractivity contribution in [1.82, 2.24) is 15.0 Å². The lowest BCUT2D eigenvalue weighted by atomic mass is 10.2. The smallest absolute Gasteiger partial charge is 0.210 e. The molecule has 4 aromatic rings. The Labute approximate surface area is 269 Å². The van der Waals surface area contributed by atoms with Gasteiger partial charge in [-0.15, -0.1) is 0 Å². The number of hydrogen-bond donors (Lipinski definition) is 0. The van der Waals surface area contributed by atoms with Gasteiger partial charge in [0.2, 0.25) is 17.5 Å². The minimum atomic E-state index is 0.334. The summed E-state index contributed by atoms with van der Waals surface area (Å²) in [5.41, 5.74) is 6.18. The van der Waals surface area contributed by atoms with Gasteiger partial charge in [-0.05, 0) is 132 Å². The lowest BCUT2D eigenvalue weighted by molar-refractivity contribution is 0.866. The molecule has 3 aromatic carbocycles. The van der Waals surface area contributed by atoms with E-state index < -0.39 is 0 Å². The topological polar surface area (TPSA) is 48.4 Å². The molecule has 228 valence electrons. The third-order valence-corrected chi connectivity index (χ3v) is 7.58. The molecule has 0 saturated heterocycles. The molecule has 0 saturated carbocycles. The molecule has 0 unspecified atom stereocenters. The van der Waals surface area contributed by atoms with Gasteiger partial charge in [0.1, 0.15) is 0 Å². The van der Waals surface area contributed by atoms with Crippen molar-refractivity contribution in [3.05, 3.63) is 107 Å². The van der Waals surface area contributed by atoms with E-state index in [1.54, 1.807) is 0 Å². The Balaban J connectivity index is 1.65. The second-order valence-corrected chi connectivity index (χ2v) is 10.2. The molecule has 0 fully saturated rings.